The molecule has 12 heavy (non-hydrogen) atoms. The predicted molar refractivity (Wildman–Crippen MR) is 46.4 cm³/mol. The van der Waals surface area contributed by atoms with Crippen LogP contribution in [-0.2, 0) is 4.79 Å². The number of aromatic nitrogens is 1. The molecule has 0 N–H and O–H groups in total. The number of thiazole rings is 1. The van der Waals surface area contributed by atoms with Crippen LogP contribution in [0.2, 0.25) is 0 Å². The average molecular weight is 183 g/mol. The molecular formula is C8H9NO2S. The fraction of sp³-hybridized carbons (Fsp3) is 0.375. The lowest BCUT2D eigenvalue weighted by molar-refractivity contribution is -0.117. The molecule has 0 fully saturated rings. The topological polar surface area (TPSA) is 47.0 Å². The number of carbonyl (C=O) groups is 2. The van der Waals surface area contributed by atoms with Gasteiger partial charge in [0, 0.05) is 12.6 Å². The van der Waals surface area contributed by atoms with Crippen LogP contribution in [0.3, 0.4) is 0 Å². The third-order valence-corrected chi connectivity index (χ3v) is 2.27. The Labute approximate surface area is 74.4 Å². The van der Waals surface area contributed by atoms with Gasteiger partial charge in [-0.15, -0.1) is 11.3 Å². The summed E-state index contributed by atoms with van der Waals surface area (Å²) < 4.78 is 0. The first-order valence-corrected chi connectivity index (χ1v) is 4.55. The van der Waals surface area contributed by atoms with Crippen molar-refractivity contribution in [2.24, 2.45) is 0 Å². The molecule has 0 aliphatic rings. The zero-order valence-corrected chi connectivity index (χ0v) is 7.56. The summed E-state index contributed by atoms with van der Waals surface area (Å²) in [5.74, 6) is -0.141. The van der Waals surface area contributed by atoms with Crippen molar-refractivity contribution >= 4 is 22.9 Å². The lowest BCUT2D eigenvalue weighted by atomic mass is 10.1. The van der Waals surface area contributed by atoms with E-state index < -0.39 is 0 Å². The van der Waals surface area contributed by atoms with Crippen LogP contribution in [0.1, 0.15) is 29.4 Å². The van der Waals surface area contributed by atoms with Crippen LogP contribution in [0.15, 0.2) is 11.7 Å². The Hall–Kier alpha value is -1.03. The summed E-state index contributed by atoms with van der Waals surface area (Å²) in [5, 5.41) is 0. The second-order valence-electron chi connectivity index (χ2n) is 2.36. The van der Waals surface area contributed by atoms with E-state index in [4.69, 9.17) is 0 Å². The summed E-state index contributed by atoms with van der Waals surface area (Å²) in [6.45, 7) is 1.75. The van der Waals surface area contributed by atoms with Gasteiger partial charge in [-0.1, -0.05) is 6.92 Å². The molecule has 0 radical (unpaired) electrons. The van der Waals surface area contributed by atoms with Gasteiger partial charge in [-0.05, 0) is 0 Å². The lowest BCUT2D eigenvalue weighted by Gasteiger charge is -1.92. The summed E-state index contributed by atoms with van der Waals surface area (Å²) in [4.78, 5) is 26.4. The second kappa shape index (κ2) is 4.11. The van der Waals surface area contributed by atoms with E-state index in [0.29, 0.717) is 11.3 Å². The summed E-state index contributed by atoms with van der Waals surface area (Å²) >= 11 is 1.27. The van der Waals surface area contributed by atoms with Crippen LogP contribution in [-0.4, -0.2) is 16.6 Å². The van der Waals surface area contributed by atoms with Crippen molar-refractivity contribution in [3.05, 3.63) is 16.6 Å². The number of carbonyl (C=O) groups excluding carboxylic acids is 2. The van der Waals surface area contributed by atoms with E-state index in [1.54, 1.807) is 12.4 Å². The predicted octanol–water partition coefficient (Wildman–Crippen LogP) is 1.70. The smallest absolute Gasteiger partial charge is 0.181 e. The van der Waals surface area contributed by atoms with Gasteiger partial charge in [0.1, 0.15) is 5.78 Å². The number of Topliss-reactive ketones (excluding diaryl/α,β-unsaturated/α-hetero) is 2. The second-order valence-corrected chi connectivity index (χ2v) is 3.24. The number of ketones is 2. The Balaban J connectivity index is 2.56. The largest absolute Gasteiger partial charge is 0.299 e. The molecule has 0 saturated heterocycles. The fourth-order valence-corrected chi connectivity index (χ4v) is 1.31. The SMILES string of the molecule is CCC(=O)CC(=O)c1cncs1. The van der Waals surface area contributed by atoms with Gasteiger partial charge in [0.2, 0.25) is 0 Å². The first kappa shape index (κ1) is 9.06. The Morgan fingerprint density at radius 1 is 1.58 bits per heavy atom. The van der Waals surface area contributed by atoms with Gasteiger partial charge in [-0.3, -0.25) is 14.6 Å². The molecule has 0 saturated carbocycles. The van der Waals surface area contributed by atoms with Gasteiger partial charge in [0.15, 0.2) is 5.78 Å². The third-order valence-electron chi connectivity index (χ3n) is 1.46. The van der Waals surface area contributed by atoms with Crippen LogP contribution in [0, 0.1) is 0 Å². The minimum atomic E-state index is -0.121. The summed E-state index contributed by atoms with van der Waals surface area (Å²) in [6.07, 6.45) is 1.93. The molecule has 1 rings (SSSR count). The molecular weight excluding hydrogens is 174 g/mol. The van der Waals surface area contributed by atoms with Gasteiger partial charge in [0.05, 0.1) is 16.8 Å². The molecule has 1 heterocycles. The molecule has 64 valence electrons. The zero-order valence-electron chi connectivity index (χ0n) is 6.74. The Morgan fingerprint density at radius 2 is 2.33 bits per heavy atom. The third kappa shape index (κ3) is 2.23. The Bertz CT molecular complexity index is 279. The van der Waals surface area contributed by atoms with Crippen molar-refractivity contribution in [2.75, 3.05) is 0 Å². The van der Waals surface area contributed by atoms with E-state index in [2.05, 4.69) is 4.98 Å². The van der Waals surface area contributed by atoms with E-state index >= 15 is 0 Å². The van der Waals surface area contributed by atoms with Crippen LogP contribution < -0.4 is 0 Å². The maximum absolute atomic E-state index is 11.2. The van der Waals surface area contributed by atoms with Gasteiger partial charge in [-0.25, -0.2) is 0 Å². The van der Waals surface area contributed by atoms with Crippen molar-refractivity contribution in [3.63, 3.8) is 0 Å². The maximum atomic E-state index is 11.2. The monoisotopic (exact) mass is 183 g/mol. The number of rotatable bonds is 4. The minimum absolute atomic E-state index is 0.0126. The molecule has 0 spiro atoms. The molecule has 0 aliphatic carbocycles. The molecule has 0 atom stereocenters. The average Bonchev–Trinajstić information content (AvgIpc) is 2.56. The Morgan fingerprint density at radius 3 is 2.83 bits per heavy atom. The molecule has 0 aromatic carbocycles. The van der Waals surface area contributed by atoms with Gasteiger partial charge >= 0.3 is 0 Å². The van der Waals surface area contributed by atoms with Gasteiger partial charge in [-0.2, -0.15) is 0 Å². The molecule has 3 nitrogen and oxygen atoms in total. The quantitative estimate of drug-likeness (QED) is 0.527. The highest BCUT2D eigenvalue weighted by atomic mass is 32.1. The fourth-order valence-electron chi connectivity index (χ4n) is 0.745. The number of hydrogen-bond acceptors (Lipinski definition) is 4. The van der Waals surface area contributed by atoms with Crippen molar-refractivity contribution in [2.45, 2.75) is 19.8 Å². The van der Waals surface area contributed by atoms with Crippen molar-refractivity contribution in [3.8, 4) is 0 Å². The molecule has 4 heteroatoms. The minimum Gasteiger partial charge on any atom is -0.299 e. The van der Waals surface area contributed by atoms with Crippen molar-refractivity contribution in [1.29, 1.82) is 0 Å². The van der Waals surface area contributed by atoms with Crippen molar-refractivity contribution < 1.29 is 9.59 Å². The van der Waals surface area contributed by atoms with Gasteiger partial charge in [0.25, 0.3) is 0 Å². The highest BCUT2D eigenvalue weighted by Crippen LogP contribution is 2.09. The van der Waals surface area contributed by atoms with Crippen LogP contribution in [0.5, 0.6) is 0 Å². The van der Waals surface area contributed by atoms with Gasteiger partial charge < -0.3 is 0 Å². The number of nitrogens with zero attached hydrogens (tertiary/aromatic N) is 1. The first-order valence-electron chi connectivity index (χ1n) is 3.67. The van der Waals surface area contributed by atoms with E-state index in [-0.39, 0.29) is 18.0 Å². The standard InChI is InChI=1S/C8H9NO2S/c1-2-6(10)3-7(11)8-4-9-5-12-8/h4-5H,2-3H2,1H3. The number of hydrogen-bond donors (Lipinski definition) is 0. The van der Waals surface area contributed by atoms with E-state index in [1.165, 1.54) is 17.5 Å². The van der Waals surface area contributed by atoms with E-state index in [9.17, 15) is 9.59 Å². The molecule has 1 aromatic rings. The first-order chi connectivity index (χ1) is 5.74. The van der Waals surface area contributed by atoms with Crippen molar-refractivity contribution in [1.82, 2.24) is 4.98 Å². The maximum Gasteiger partial charge on any atom is 0.181 e. The van der Waals surface area contributed by atoms with Crippen LogP contribution in [0.4, 0.5) is 0 Å². The molecule has 0 aliphatic heterocycles. The molecule has 0 amide bonds. The van der Waals surface area contributed by atoms with E-state index in [1.807, 2.05) is 0 Å². The van der Waals surface area contributed by atoms with E-state index in [0.717, 1.165) is 0 Å². The lowest BCUT2D eigenvalue weighted by Crippen LogP contribution is -2.05. The van der Waals surface area contributed by atoms with Crippen LogP contribution in [0.25, 0.3) is 0 Å². The molecule has 0 unspecified atom stereocenters. The summed E-state index contributed by atoms with van der Waals surface area (Å²) in [5.41, 5.74) is 1.59. The summed E-state index contributed by atoms with van der Waals surface area (Å²) in [7, 11) is 0. The highest BCUT2D eigenvalue weighted by Gasteiger charge is 2.10. The zero-order chi connectivity index (χ0) is 8.97. The molecule has 1 aromatic heterocycles. The molecule has 0 bridgehead atoms. The Kier molecular flexibility index (Phi) is 3.10. The van der Waals surface area contributed by atoms with Crippen LogP contribution >= 0.6 is 11.3 Å². The normalized spacial score (nSPS) is 9.75. The summed E-state index contributed by atoms with van der Waals surface area (Å²) in [6, 6.07) is 0. The highest BCUT2D eigenvalue weighted by molar-refractivity contribution is 7.11.